The van der Waals surface area contributed by atoms with Gasteiger partial charge >= 0.3 is 8.03 Å². The zero-order chi connectivity index (χ0) is 14.4. The molecule has 2 unspecified atom stereocenters. The van der Waals surface area contributed by atoms with E-state index in [2.05, 4.69) is 0 Å². The van der Waals surface area contributed by atoms with Gasteiger partial charge in [-0.3, -0.25) is 0 Å². The summed E-state index contributed by atoms with van der Waals surface area (Å²) in [7, 11) is -2.06. The lowest BCUT2D eigenvalue weighted by atomic mass is 10.2. The van der Waals surface area contributed by atoms with Crippen molar-refractivity contribution < 1.29 is 18.9 Å². The Labute approximate surface area is 118 Å². The molecule has 0 radical (unpaired) electrons. The molecule has 1 N–H and O–H groups in total. The van der Waals surface area contributed by atoms with Crippen molar-refractivity contribution in [2.75, 3.05) is 0 Å². The largest absolute Gasteiger partial charge is 0.540 e. The highest BCUT2D eigenvalue weighted by Gasteiger charge is 2.25. The second-order valence-electron chi connectivity index (χ2n) is 4.25. The van der Waals surface area contributed by atoms with Crippen molar-refractivity contribution in [3.63, 3.8) is 0 Å². The molecule has 0 heterocycles. The molecule has 4 nitrogen and oxygen atoms in total. The highest BCUT2D eigenvalue weighted by atomic mass is 31.1. The van der Waals surface area contributed by atoms with Gasteiger partial charge in [-0.25, -0.2) is 0 Å². The molecule has 0 fully saturated rings. The third-order valence-corrected chi connectivity index (χ3v) is 3.53. The Hall–Kier alpha value is -1.74. The van der Waals surface area contributed by atoms with Gasteiger partial charge in [-0.2, -0.15) is 0 Å². The van der Waals surface area contributed by atoms with Crippen LogP contribution < -0.4 is 4.74 Å². The van der Waals surface area contributed by atoms with Crippen molar-refractivity contribution in [2.24, 2.45) is 0 Å². The van der Waals surface area contributed by atoms with Crippen molar-refractivity contribution in [3.8, 4) is 11.5 Å². The summed E-state index contributed by atoms with van der Waals surface area (Å²) in [5.74, 6) is 0.471. The number of hydrogen-bond acceptors (Lipinski definition) is 4. The fourth-order valence-electron chi connectivity index (χ4n) is 1.57. The van der Waals surface area contributed by atoms with Crippen molar-refractivity contribution in [1.29, 1.82) is 0 Å². The summed E-state index contributed by atoms with van der Waals surface area (Å²) in [6, 6.07) is 16.8. The molecule has 0 spiro atoms. The predicted octanol–water partition coefficient (Wildman–Crippen LogP) is 4.08. The minimum absolute atomic E-state index is 0.173. The summed E-state index contributed by atoms with van der Waals surface area (Å²) < 4.78 is 22.1. The smallest absolute Gasteiger partial charge is 0.457 e. The molecule has 0 aromatic heterocycles. The third kappa shape index (κ3) is 4.42. The molecule has 104 valence electrons. The number of aliphatic hydroxyl groups excluding tert-OH is 1. The minimum atomic E-state index is -2.06. The zero-order valence-electron chi connectivity index (χ0n) is 11.1. The van der Waals surface area contributed by atoms with Gasteiger partial charge in [-0.05, 0) is 34.4 Å². The van der Waals surface area contributed by atoms with Crippen LogP contribution in [0.2, 0.25) is 0 Å². The second-order valence-corrected chi connectivity index (χ2v) is 5.83. The Balaban J connectivity index is 1.99. The molecule has 0 bridgehead atoms. The van der Waals surface area contributed by atoms with Crippen LogP contribution in [0.3, 0.4) is 0 Å². The third-order valence-electron chi connectivity index (χ3n) is 2.54. The Kier molecular flexibility index (Phi) is 5.24. The van der Waals surface area contributed by atoms with Crippen molar-refractivity contribution in [3.05, 3.63) is 60.2 Å². The van der Waals surface area contributed by atoms with E-state index in [0.717, 1.165) is 11.3 Å². The maximum absolute atomic E-state index is 11.3. The molecule has 20 heavy (non-hydrogen) atoms. The van der Waals surface area contributed by atoms with Crippen LogP contribution in [0.4, 0.5) is 0 Å². The summed E-state index contributed by atoms with van der Waals surface area (Å²) in [4.78, 5) is 0. The predicted molar refractivity (Wildman–Crippen MR) is 77.0 cm³/mol. The van der Waals surface area contributed by atoms with Gasteiger partial charge in [0.25, 0.3) is 5.85 Å². The van der Waals surface area contributed by atoms with E-state index in [-0.39, 0.29) is 6.61 Å². The number of hydrogen-bond donors (Lipinski definition) is 1. The maximum Gasteiger partial charge on any atom is 0.540 e. The van der Waals surface area contributed by atoms with Gasteiger partial charge < -0.3 is 9.84 Å². The second kappa shape index (κ2) is 7.15. The van der Waals surface area contributed by atoms with E-state index < -0.39 is 13.9 Å². The van der Waals surface area contributed by atoms with Crippen LogP contribution in [0.5, 0.6) is 11.5 Å². The first kappa shape index (κ1) is 14.7. The lowest BCUT2D eigenvalue weighted by molar-refractivity contribution is 0.228. The maximum atomic E-state index is 11.3. The average molecular weight is 291 g/mol. The molecule has 0 aliphatic carbocycles. The number of benzene rings is 2. The molecular formula is C15H16O4P+. The summed E-state index contributed by atoms with van der Waals surface area (Å²) >= 11 is 0. The molecule has 0 saturated heterocycles. The van der Waals surface area contributed by atoms with Gasteiger partial charge in [0, 0.05) is 6.92 Å². The molecule has 2 aromatic carbocycles. The van der Waals surface area contributed by atoms with E-state index in [1.54, 1.807) is 0 Å². The van der Waals surface area contributed by atoms with Crippen molar-refractivity contribution >= 4 is 8.03 Å². The Morgan fingerprint density at radius 2 is 1.80 bits per heavy atom. The SMILES string of the molecule is CC(O)[P+](=O)OCc1cccc(Oc2ccccc2)c1. The van der Waals surface area contributed by atoms with Crippen LogP contribution >= 0.6 is 8.03 Å². The van der Waals surface area contributed by atoms with E-state index in [4.69, 9.17) is 14.4 Å². The van der Waals surface area contributed by atoms with Crippen LogP contribution in [0.1, 0.15) is 12.5 Å². The van der Waals surface area contributed by atoms with Crippen molar-refractivity contribution in [1.82, 2.24) is 0 Å². The zero-order valence-corrected chi connectivity index (χ0v) is 12.0. The molecule has 2 aromatic rings. The lowest BCUT2D eigenvalue weighted by Crippen LogP contribution is -1.95. The Morgan fingerprint density at radius 1 is 1.10 bits per heavy atom. The number of aliphatic hydroxyl groups is 1. The molecule has 5 heteroatoms. The van der Waals surface area contributed by atoms with E-state index in [9.17, 15) is 4.57 Å². The van der Waals surface area contributed by atoms with Gasteiger partial charge in [0.15, 0.2) is 0 Å². The van der Waals surface area contributed by atoms with Crippen LogP contribution in [-0.2, 0) is 15.7 Å². The first-order valence-electron chi connectivity index (χ1n) is 6.24. The molecule has 0 aliphatic rings. The average Bonchev–Trinajstić information content (AvgIpc) is 2.46. The molecular weight excluding hydrogens is 275 g/mol. The summed E-state index contributed by atoms with van der Waals surface area (Å²) in [6.07, 6.45) is 0. The van der Waals surface area contributed by atoms with Crippen LogP contribution in [-0.4, -0.2) is 11.0 Å². The molecule has 0 aliphatic heterocycles. The molecule has 0 amide bonds. The fourth-order valence-corrected chi connectivity index (χ4v) is 2.06. The first-order valence-corrected chi connectivity index (χ1v) is 7.49. The summed E-state index contributed by atoms with van der Waals surface area (Å²) in [5, 5.41) is 9.11. The van der Waals surface area contributed by atoms with Gasteiger partial charge in [0.2, 0.25) is 0 Å². The fraction of sp³-hybridized carbons (Fsp3) is 0.200. The lowest BCUT2D eigenvalue weighted by Gasteiger charge is -2.06. The van der Waals surface area contributed by atoms with Gasteiger partial charge in [0.1, 0.15) is 18.1 Å². The number of para-hydroxylation sites is 1. The topological polar surface area (TPSA) is 55.8 Å². The van der Waals surface area contributed by atoms with Crippen molar-refractivity contribution in [2.45, 2.75) is 19.4 Å². The van der Waals surface area contributed by atoms with Gasteiger partial charge in [0.05, 0.1) is 0 Å². The number of ether oxygens (including phenoxy) is 1. The highest BCUT2D eigenvalue weighted by molar-refractivity contribution is 7.39. The van der Waals surface area contributed by atoms with Crippen LogP contribution in [0, 0.1) is 0 Å². The number of rotatable bonds is 6. The van der Waals surface area contributed by atoms with Gasteiger partial charge in [-0.15, -0.1) is 4.52 Å². The van der Waals surface area contributed by atoms with Gasteiger partial charge in [-0.1, -0.05) is 30.3 Å². The Morgan fingerprint density at radius 3 is 2.50 bits per heavy atom. The summed E-state index contributed by atoms with van der Waals surface area (Å²) in [5.41, 5.74) is 0.836. The van der Waals surface area contributed by atoms with E-state index >= 15 is 0 Å². The Bertz CT molecular complexity index is 569. The van der Waals surface area contributed by atoms with Crippen LogP contribution in [0.15, 0.2) is 54.6 Å². The molecule has 2 atom stereocenters. The van der Waals surface area contributed by atoms with E-state index in [1.165, 1.54) is 6.92 Å². The standard InChI is InChI=1S/C15H16O4P/c1-12(16)20(17)18-11-13-6-5-9-15(10-13)19-14-7-3-2-4-8-14/h2-10,12,16H,11H2,1H3/q+1. The summed E-state index contributed by atoms with van der Waals surface area (Å²) in [6.45, 7) is 1.61. The van der Waals surface area contributed by atoms with Crippen LogP contribution in [0.25, 0.3) is 0 Å². The highest BCUT2D eigenvalue weighted by Crippen LogP contribution is 2.29. The van der Waals surface area contributed by atoms with E-state index in [1.807, 2.05) is 54.6 Å². The molecule has 0 saturated carbocycles. The molecule has 2 rings (SSSR count). The normalized spacial score (nSPS) is 12.8. The minimum Gasteiger partial charge on any atom is -0.457 e. The first-order chi connectivity index (χ1) is 9.65. The monoisotopic (exact) mass is 291 g/mol. The quantitative estimate of drug-likeness (QED) is 0.815. The van der Waals surface area contributed by atoms with E-state index in [0.29, 0.717) is 5.75 Å².